The van der Waals surface area contributed by atoms with E-state index in [-0.39, 0.29) is 5.91 Å². The molecule has 0 bridgehead atoms. The molecule has 16 heavy (non-hydrogen) atoms. The maximum absolute atomic E-state index is 10.6. The van der Waals surface area contributed by atoms with Crippen molar-refractivity contribution in [2.45, 2.75) is 26.7 Å². The fourth-order valence-electron chi connectivity index (χ4n) is 1.56. The van der Waals surface area contributed by atoms with Crippen molar-refractivity contribution in [3.63, 3.8) is 0 Å². The van der Waals surface area contributed by atoms with Crippen LogP contribution in [0.3, 0.4) is 0 Å². The van der Waals surface area contributed by atoms with Crippen LogP contribution in [0.15, 0.2) is 30.3 Å². The summed E-state index contributed by atoms with van der Waals surface area (Å²) in [5.74, 6) is 0.0300. The van der Waals surface area contributed by atoms with Crippen molar-refractivity contribution >= 4 is 12.0 Å². The highest BCUT2D eigenvalue weighted by Crippen LogP contribution is 2.11. The van der Waals surface area contributed by atoms with E-state index in [0.29, 0.717) is 6.54 Å². The standard InChI is InChI=1S/C14H19NO/c1-3-13-8-4-5-9-14(13)10-6-7-11-15-12(2)16/h4-6,8-10H,3,7,11H2,1-2H3,(H,15,16). The lowest BCUT2D eigenvalue weighted by Gasteiger charge is -2.02. The smallest absolute Gasteiger partial charge is 0.216 e. The van der Waals surface area contributed by atoms with Gasteiger partial charge in [0.25, 0.3) is 0 Å². The normalized spacial score (nSPS) is 10.6. The number of nitrogens with one attached hydrogen (secondary N) is 1. The van der Waals surface area contributed by atoms with Crippen LogP contribution in [0.1, 0.15) is 31.4 Å². The minimum atomic E-state index is 0.0300. The highest BCUT2D eigenvalue weighted by atomic mass is 16.1. The minimum absolute atomic E-state index is 0.0300. The SMILES string of the molecule is CCc1ccccc1C=CCCNC(C)=O. The Morgan fingerprint density at radius 1 is 1.38 bits per heavy atom. The van der Waals surface area contributed by atoms with Crippen LogP contribution in [0.4, 0.5) is 0 Å². The Morgan fingerprint density at radius 3 is 2.81 bits per heavy atom. The van der Waals surface area contributed by atoms with Crippen LogP contribution in [0.5, 0.6) is 0 Å². The minimum Gasteiger partial charge on any atom is -0.356 e. The van der Waals surface area contributed by atoms with E-state index < -0.39 is 0 Å². The van der Waals surface area contributed by atoms with Crippen LogP contribution in [0.2, 0.25) is 0 Å². The maximum Gasteiger partial charge on any atom is 0.216 e. The lowest BCUT2D eigenvalue weighted by atomic mass is 10.0. The lowest BCUT2D eigenvalue weighted by Crippen LogP contribution is -2.20. The van der Waals surface area contributed by atoms with Crippen molar-refractivity contribution < 1.29 is 4.79 Å². The van der Waals surface area contributed by atoms with Crippen LogP contribution >= 0.6 is 0 Å². The first-order valence-electron chi connectivity index (χ1n) is 5.73. The molecular formula is C14H19NO. The summed E-state index contributed by atoms with van der Waals surface area (Å²) in [6, 6.07) is 8.38. The van der Waals surface area contributed by atoms with E-state index in [2.05, 4.69) is 42.6 Å². The number of hydrogen-bond donors (Lipinski definition) is 1. The molecule has 0 aliphatic heterocycles. The van der Waals surface area contributed by atoms with E-state index in [1.807, 2.05) is 6.07 Å². The van der Waals surface area contributed by atoms with Gasteiger partial charge < -0.3 is 5.32 Å². The molecule has 1 N–H and O–H groups in total. The molecule has 0 aliphatic rings. The fourth-order valence-corrected chi connectivity index (χ4v) is 1.56. The van der Waals surface area contributed by atoms with Crippen LogP contribution < -0.4 is 5.32 Å². The second kappa shape index (κ2) is 6.83. The first-order chi connectivity index (χ1) is 7.74. The highest BCUT2D eigenvalue weighted by Gasteiger charge is 1.94. The molecule has 0 spiro atoms. The Bertz CT molecular complexity index is 369. The molecule has 0 saturated carbocycles. The Balaban J connectivity index is 2.46. The van der Waals surface area contributed by atoms with Crippen LogP contribution in [0, 0.1) is 0 Å². The first-order valence-corrected chi connectivity index (χ1v) is 5.73. The Morgan fingerprint density at radius 2 is 2.12 bits per heavy atom. The van der Waals surface area contributed by atoms with Crippen LogP contribution in [-0.2, 0) is 11.2 Å². The Labute approximate surface area is 97.4 Å². The van der Waals surface area contributed by atoms with Crippen molar-refractivity contribution in [2.75, 3.05) is 6.54 Å². The number of rotatable bonds is 5. The van der Waals surface area contributed by atoms with E-state index in [1.165, 1.54) is 18.1 Å². The molecule has 0 radical (unpaired) electrons. The Hall–Kier alpha value is -1.57. The van der Waals surface area contributed by atoms with Gasteiger partial charge in [0, 0.05) is 13.5 Å². The molecule has 0 saturated heterocycles. The fraction of sp³-hybridized carbons (Fsp3) is 0.357. The molecule has 0 unspecified atom stereocenters. The number of amides is 1. The highest BCUT2D eigenvalue weighted by molar-refractivity contribution is 5.72. The number of carbonyl (C=O) groups excluding carboxylic acids is 1. The van der Waals surface area contributed by atoms with Crippen LogP contribution in [0.25, 0.3) is 6.08 Å². The van der Waals surface area contributed by atoms with Crippen molar-refractivity contribution in [1.29, 1.82) is 0 Å². The molecule has 2 nitrogen and oxygen atoms in total. The summed E-state index contributed by atoms with van der Waals surface area (Å²) in [6.45, 7) is 4.40. The predicted molar refractivity (Wildman–Crippen MR) is 68.2 cm³/mol. The van der Waals surface area contributed by atoms with Crippen molar-refractivity contribution in [3.8, 4) is 0 Å². The third-order valence-electron chi connectivity index (χ3n) is 2.42. The summed E-state index contributed by atoms with van der Waals surface area (Å²) in [4.78, 5) is 10.6. The number of carbonyl (C=O) groups is 1. The molecule has 1 aromatic carbocycles. The molecule has 0 fully saturated rings. The summed E-state index contributed by atoms with van der Waals surface area (Å²) in [5, 5.41) is 2.77. The van der Waals surface area contributed by atoms with E-state index in [1.54, 1.807) is 0 Å². The molecule has 1 rings (SSSR count). The van der Waals surface area contributed by atoms with Gasteiger partial charge in [0.15, 0.2) is 0 Å². The van der Waals surface area contributed by atoms with Crippen LogP contribution in [-0.4, -0.2) is 12.5 Å². The van der Waals surface area contributed by atoms with Gasteiger partial charge in [-0.3, -0.25) is 4.79 Å². The number of aryl methyl sites for hydroxylation is 1. The van der Waals surface area contributed by atoms with Gasteiger partial charge in [-0.05, 0) is 24.0 Å². The van der Waals surface area contributed by atoms with Crippen molar-refractivity contribution in [1.82, 2.24) is 5.32 Å². The lowest BCUT2D eigenvalue weighted by molar-refractivity contribution is -0.118. The van der Waals surface area contributed by atoms with Gasteiger partial charge in [0.05, 0.1) is 0 Å². The third-order valence-corrected chi connectivity index (χ3v) is 2.42. The van der Waals surface area contributed by atoms with Crippen molar-refractivity contribution in [2.24, 2.45) is 0 Å². The van der Waals surface area contributed by atoms with E-state index >= 15 is 0 Å². The quantitative estimate of drug-likeness (QED) is 0.755. The molecule has 86 valence electrons. The predicted octanol–water partition coefficient (Wildman–Crippen LogP) is 2.79. The summed E-state index contributed by atoms with van der Waals surface area (Å²) < 4.78 is 0. The van der Waals surface area contributed by atoms with Crippen molar-refractivity contribution in [3.05, 3.63) is 41.5 Å². The number of hydrogen-bond acceptors (Lipinski definition) is 1. The summed E-state index contributed by atoms with van der Waals surface area (Å²) in [7, 11) is 0. The first kappa shape index (κ1) is 12.5. The summed E-state index contributed by atoms with van der Waals surface area (Å²) in [6.07, 6.45) is 6.15. The third kappa shape index (κ3) is 4.30. The zero-order chi connectivity index (χ0) is 11.8. The van der Waals surface area contributed by atoms with Gasteiger partial charge >= 0.3 is 0 Å². The average Bonchev–Trinajstić information content (AvgIpc) is 2.29. The summed E-state index contributed by atoms with van der Waals surface area (Å²) >= 11 is 0. The zero-order valence-electron chi connectivity index (χ0n) is 9.99. The van der Waals surface area contributed by atoms with Gasteiger partial charge in [0.1, 0.15) is 0 Å². The second-order valence-electron chi connectivity index (χ2n) is 3.73. The molecule has 0 aliphatic carbocycles. The zero-order valence-corrected chi connectivity index (χ0v) is 9.99. The molecule has 1 amide bonds. The van der Waals surface area contributed by atoms with Gasteiger partial charge in [-0.25, -0.2) is 0 Å². The molecule has 0 aromatic heterocycles. The van der Waals surface area contributed by atoms with E-state index in [0.717, 1.165) is 12.8 Å². The second-order valence-corrected chi connectivity index (χ2v) is 3.73. The topological polar surface area (TPSA) is 29.1 Å². The molecule has 0 atom stereocenters. The van der Waals surface area contributed by atoms with Gasteiger partial charge in [0.2, 0.25) is 5.91 Å². The molecule has 1 aromatic rings. The maximum atomic E-state index is 10.6. The summed E-state index contributed by atoms with van der Waals surface area (Å²) in [5.41, 5.74) is 2.63. The average molecular weight is 217 g/mol. The Kier molecular flexibility index (Phi) is 5.34. The van der Waals surface area contributed by atoms with E-state index in [4.69, 9.17) is 0 Å². The van der Waals surface area contributed by atoms with Gasteiger partial charge in [-0.15, -0.1) is 0 Å². The largest absolute Gasteiger partial charge is 0.356 e. The monoisotopic (exact) mass is 217 g/mol. The molecular weight excluding hydrogens is 198 g/mol. The van der Waals surface area contributed by atoms with Gasteiger partial charge in [-0.2, -0.15) is 0 Å². The number of benzene rings is 1. The molecule has 2 heteroatoms. The van der Waals surface area contributed by atoms with Gasteiger partial charge in [-0.1, -0.05) is 43.3 Å². The molecule has 0 heterocycles. The van der Waals surface area contributed by atoms with E-state index in [9.17, 15) is 4.79 Å².